The van der Waals surface area contributed by atoms with Crippen molar-refractivity contribution in [2.24, 2.45) is 0 Å². The van der Waals surface area contributed by atoms with Gasteiger partial charge in [-0.1, -0.05) is 30.3 Å². The monoisotopic (exact) mass is 187 g/mol. The van der Waals surface area contributed by atoms with E-state index in [1.807, 2.05) is 30.3 Å². The minimum absolute atomic E-state index is 0. The van der Waals surface area contributed by atoms with E-state index in [1.165, 1.54) is 5.56 Å². The van der Waals surface area contributed by atoms with Crippen LogP contribution in [-0.4, -0.2) is 6.61 Å². The highest BCUT2D eigenvalue weighted by molar-refractivity contribution is 7.17. The van der Waals surface area contributed by atoms with Crippen LogP contribution in [0.4, 0.5) is 0 Å². The molecule has 0 saturated carbocycles. The quantitative estimate of drug-likeness (QED) is 0.579. The third-order valence-electron chi connectivity index (χ3n) is 1.42. The molecule has 0 aliphatic heterocycles. The van der Waals surface area contributed by atoms with Crippen molar-refractivity contribution in [1.82, 2.24) is 6.15 Å². The van der Waals surface area contributed by atoms with E-state index in [4.69, 9.17) is 4.52 Å². The van der Waals surface area contributed by atoms with Gasteiger partial charge in [0.25, 0.3) is 0 Å². The molecule has 3 N–H and O–H groups in total. The van der Waals surface area contributed by atoms with Crippen LogP contribution in [0.3, 0.4) is 0 Å². The van der Waals surface area contributed by atoms with Gasteiger partial charge in [-0.25, -0.2) is 0 Å². The lowest BCUT2D eigenvalue weighted by atomic mass is 10.2. The molecule has 1 aromatic rings. The molecule has 68 valence electrons. The SMILES string of the molecule is N.O=[PH2]OCCc1ccccc1. The minimum Gasteiger partial charge on any atom is -0.344 e. The Bertz CT molecular complexity index is 216. The fraction of sp³-hybridized carbons (Fsp3) is 0.250. The van der Waals surface area contributed by atoms with Gasteiger partial charge >= 0.3 is 0 Å². The first-order valence-electron chi connectivity index (χ1n) is 3.52. The minimum atomic E-state index is -1.05. The summed E-state index contributed by atoms with van der Waals surface area (Å²) >= 11 is 0. The Balaban J connectivity index is 0.00000121. The van der Waals surface area contributed by atoms with Crippen LogP contribution in [0.1, 0.15) is 5.56 Å². The van der Waals surface area contributed by atoms with Gasteiger partial charge in [-0.15, -0.1) is 0 Å². The smallest absolute Gasteiger partial charge is 0.179 e. The average molecular weight is 187 g/mol. The van der Waals surface area contributed by atoms with Crippen molar-refractivity contribution < 1.29 is 9.09 Å². The molecule has 4 heteroatoms. The van der Waals surface area contributed by atoms with Crippen LogP contribution in [-0.2, 0) is 15.5 Å². The van der Waals surface area contributed by atoms with Gasteiger partial charge in [-0.3, -0.25) is 4.57 Å². The van der Waals surface area contributed by atoms with Crippen LogP contribution in [0.5, 0.6) is 0 Å². The number of benzene rings is 1. The predicted molar refractivity (Wildman–Crippen MR) is 51.5 cm³/mol. The molecule has 0 spiro atoms. The highest BCUT2D eigenvalue weighted by Crippen LogP contribution is 2.02. The molecule has 12 heavy (non-hydrogen) atoms. The number of hydrogen-bond donors (Lipinski definition) is 1. The Morgan fingerprint density at radius 1 is 1.25 bits per heavy atom. The molecule has 1 atom stereocenters. The van der Waals surface area contributed by atoms with Crippen molar-refractivity contribution in [1.29, 1.82) is 0 Å². The second-order valence-corrected chi connectivity index (χ2v) is 2.73. The molecule has 0 amide bonds. The zero-order chi connectivity index (χ0) is 7.94. The fourth-order valence-electron chi connectivity index (χ4n) is 0.870. The molecule has 0 heterocycles. The first-order valence-corrected chi connectivity index (χ1v) is 4.47. The zero-order valence-electron chi connectivity index (χ0n) is 6.90. The summed E-state index contributed by atoms with van der Waals surface area (Å²) in [6.45, 7) is 0.558. The first kappa shape index (κ1) is 11.4. The van der Waals surface area contributed by atoms with Crippen LogP contribution in [0, 0.1) is 0 Å². The highest BCUT2D eigenvalue weighted by atomic mass is 31.1. The van der Waals surface area contributed by atoms with Crippen LogP contribution >= 0.6 is 8.69 Å². The van der Waals surface area contributed by atoms with Crippen LogP contribution in [0.2, 0.25) is 0 Å². The molecule has 3 nitrogen and oxygen atoms in total. The molecule has 0 radical (unpaired) electrons. The van der Waals surface area contributed by atoms with Crippen molar-refractivity contribution in [2.75, 3.05) is 6.61 Å². The van der Waals surface area contributed by atoms with Gasteiger partial charge in [0.1, 0.15) is 0 Å². The lowest BCUT2D eigenvalue weighted by Gasteiger charge is -1.97. The van der Waals surface area contributed by atoms with E-state index < -0.39 is 8.69 Å². The molecule has 1 unspecified atom stereocenters. The lowest BCUT2D eigenvalue weighted by Crippen LogP contribution is -1.90. The predicted octanol–water partition coefficient (Wildman–Crippen LogP) is 2.08. The maximum atomic E-state index is 9.98. The molecule has 0 aliphatic rings. The standard InChI is InChI=1S/C8H11O2P.H3N/c9-11-10-7-6-8-4-2-1-3-5-8;/h1-5H,6-7,11H2;1H3. The summed E-state index contributed by atoms with van der Waals surface area (Å²) in [4.78, 5) is 0. The van der Waals surface area contributed by atoms with Crippen molar-refractivity contribution in [3.8, 4) is 0 Å². The maximum absolute atomic E-state index is 9.98. The van der Waals surface area contributed by atoms with Crippen molar-refractivity contribution in [3.05, 3.63) is 35.9 Å². The van der Waals surface area contributed by atoms with Gasteiger partial charge in [0, 0.05) is 0 Å². The second kappa shape index (κ2) is 7.04. The summed E-state index contributed by atoms with van der Waals surface area (Å²) in [6, 6.07) is 10.0. The lowest BCUT2D eigenvalue weighted by molar-refractivity contribution is 0.347. The summed E-state index contributed by atoms with van der Waals surface area (Å²) in [5, 5.41) is 0. The van der Waals surface area contributed by atoms with Crippen molar-refractivity contribution >= 4 is 8.69 Å². The van der Waals surface area contributed by atoms with Crippen LogP contribution in [0.15, 0.2) is 30.3 Å². The van der Waals surface area contributed by atoms with Gasteiger partial charge in [0.05, 0.1) is 6.61 Å². The average Bonchev–Trinajstić information content (AvgIpc) is 2.07. The molecule has 1 aromatic carbocycles. The first-order chi connectivity index (χ1) is 5.43. The van der Waals surface area contributed by atoms with E-state index in [1.54, 1.807) is 0 Å². The molecular formula is C8H14NO2P. The summed E-state index contributed by atoms with van der Waals surface area (Å²) in [6.07, 6.45) is 0.843. The number of rotatable bonds is 4. The molecule has 0 aromatic heterocycles. The third-order valence-corrected chi connectivity index (χ3v) is 1.79. The topological polar surface area (TPSA) is 61.3 Å². The van der Waals surface area contributed by atoms with Gasteiger partial charge in [0.15, 0.2) is 8.69 Å². The largest absolute Gasteiger partial charge is 0.344 e. The Hall–Kier alpha value is -0.630. The summed E-state index contributed by atoms with van der Waals surface area (Å²) in [7, 11) is -1.05. The molecule has 0 saturated heterocycles. The zero-order valence-corrected chi connectivity index (χ0v) is 8.06. The third kappa shape index (κ3) is 4.29. The van der Waals surface area contributed by atoms with Gasteiger partial charge in [0.2, 0.25) is 0 Å². The highest BCUT2D eigenvalue weighted by Gasteiger charge is 1.88. The Morgan fingerprint density at radius 3 is 2.50 bits per heavy atom. The van der Waals surface area contributed by atoms with E-state index >= 15 is 0 Å². The fourth-order valence-corrected chi connectivity index (χ4v) is 1.08. The molecular weight excluding hydrogens is 173 g/mol. The molecule has 1 rings (SSSR count). The second-order valence-electron chi connectivity index (χ2n) is 2.20. The van der Waals surface area contributed by atoms with E-state index in [0.29, 0.717) is 6.61 Å². The Kier molecular flexibility index (Phi) is 6.67. The Morgan fingerprint density at radius 2 is 1.92 bits per heavy atom. The maximum Gasteiger partial charge on any atom is 0.179 e. The van der Waals surface area contributed by atoms with Crippen LogP contribution in [0.25, 0.3) is 0 Å². The molecule has 0 fully saturated rings. The van der Waals surface area contributed by atoms with E-state index in [9.17, 15) is 4.57 Å². The number of hydrogen-bond acceptors (Lipinski definition) is 3. The van der Waals surface area contributed by atoms with Crippen molar-refractivity contribution in [2.45, 2.75) is 6.42 Å². The van der Waals surface area contributed by atoms with Gasteiger partial charge in [-0.05, 0) is 12.0 Å². The molecule has 0 aliphatic carbocycles. The summed E-state index contributed by atoms with van der Waals surface area (Å²) in [5.74, 6) is 0. The normalized spacial score (nSPS) is 10.0. The van der Waals surface area contributed by atoms with Crippen molar-refractivity contribution in [3.63, 3.8) is 0 Å². The summed E-state index contributed by atoms with van der Waals surface area (Å²) in [5.41, 5.74) is 1.22. The van der Waals surface area contributed by atoms with E-state index in [0.717, 1.165) is 6.42 Å². The Labute approximate surface area is 73.6 Å². The van der Waals surface area contributed by atoms with Gasteiger partial charge < -0.3 is 10.7 Å². The van der Waals surface area contributed by atoms with Crippen LogP contribution < -0.4 is 6.15 Å². The van der Waals surface area contributed by atoms with E-state index in [2.05, 4.69) is 0 Å². The summed E-state index contributed by atoms with van der Waals surface area (Å²) < 4.78 is 14.7. The molecule has 0 bridgehead atoms. The van der Waals surface area contributed by atoms with Gasteiger partial charge in [-0.2, -0.15) is 0 Å². The van der Waals surface area contributed by atoms with E-state index in [-0.39, 0.29) is 6.15 Å².